The van der Waals surface area contributed by atoms with Crippen molar-refractivity contribution in [1.29, 1.82) is 0 Å². The lowest BCUT2D eigenvalue weighted by molar-refractivity contribution is 0.299. The highest BCUT2D eigenvalue weighted by Gasteiger charge is 2.01. The zero-order chi connectivity index (χ0) is 10.7. The van der Waals surface area contributed by atoms with Gasteiger partial charge in [-0.1, -0.05) is 36.4 Å². The highest BCUT2D eigenvalue weighted by molar-refractivity contribution is 5.88. The Hall–Kier alpha value is -1.54. The zero-order valence-corrected chi connectivity index (χ0v) is 8.81. The maximum absolute atomic E-state index is 5.66. The first-order chi connectivity index (χ1) is 7.27. The molecule has 0 fully saturated rings. The number of fused-ring (bicyclic) bond motifs is 1. The number of benzene rings is 2. The average Bonchev–Trinajstić information content (AvgIpc) is 2.26. The molecule has 15 heavy (non-hydrogen) atoms. The lowest BCUT2D eigenvalue weighted by Crippen LogP contribution is -2.23. The molecular formula is C13H15NO. The van der Waals surface area contributed by atoms with E-state index >= 15 is 0 Å². The molecule has 0 aliphatic carbocycles. The van der Waals surface area contributed by atoms with Gasteiger partial charge in [-0.25, -0.2) is 0 Å². The smallest absolute Gasteiger partial charge is 0.127 e. The molecule has 2 aromatic rings. The Morgan fingerprint density at radius 2 is 1.87 bits per heavy atom. The fourth-order valence-corrected chi connectivity index (χ4v) is 1.54. The first-order valence-corrected chi connectivity index (χ1v) is 5.13. The van der Waals surface area contributed by atoms with Crippen LogP contribution in [0.15, 0.2) is 42.5 Å². The standard InChI is InChI=1S/C13H15NO/c1-10(14)9-15-13-8-4-6-11-5-2-3-7-12(11)13/h2-8,10H,9,14H2,1H3/t10-/m1/s1. The maximum atomic E-state index is 5.66. The molecule has 0 heterocycles. The minimum atomic E-state index is 0.0592. The van der Waals surface area contributed by atoms with E-state index in [4.69, 9.17) is 10.5 Å². The van der Waals surface area contributed by atoms with Crippen LogP contribution in [0.25, 0.3) is 10.8 Å². The number of hydrogen-bond donors (Lipinski definition) is 1. The zero-order valence-electron chi connectivity index (χ0n) is 8.81. The van der Waals surface area contributed by atoms with Crippen molar-refractivity contribution in [2.45, 2.75) is 13.0 Å². The van der Waals surface area contributed by atoms with Crippen molar-refractivity contribution in [2.75, 3.05) is 6.61 Å². The van der Waals surface area contributed by atoms with Crippen molar-refractivity contribution >= 4 is 10.8 Å². The molecule has 0 unspecified atom stereocenters. The Kier molecular flexibility index (Phi) is 2.88. The van der Waals surface area contributed by atoms with Crippen LogP contribution >= 0.6 is 0 Å². The molecule has 1 atom stereocenters. The molecule has 0 aliphatic heterocycles. The molecular weight excluding hydrogens is 186 g/mol. The third-order valence-electron chi connectivity index (χ3n) is 2.25. The van der Waals surface area contributed by atoms with E-state index in [0.717, 1.165) is 11.1 Å². The van der Waals surface area contributed by atoms with E-state index in [2.05, 4.69) is 18.2 Å². The number of hydrogen-bond acceptors (Lipinski definition) is 2. The number of nitrogens with two attached hydrogens (primary N) is 1. The average molecular weight is 201 g/mol. The van der Waals surface area contributed by atoms with Gasteiger partial charge in [-0.15, -0.1) is 0 Å². The van der Waals surface area contributed by atoms with Crippen LogP contribution in [0.4, 0.5) is 0 Å². The summed E-state index contributed by atoms with van der Waals surface area (Å²) in [5.74, 6) is 0.908. The summed E-state index contributed by atoms with van der Waals surface area (Å²) in [7, 11) is 0. The summed E-state index contributed by atoms with van der Waals surface area (Å²) in [6.07, 6.45) is 0. The molecule has 78 valence electrons. The Morgan fingerprint density at radius 3 is 2.67 bits per heavy atom. The fourth-order valence-electron chi connectivity index (χ4n) is 1.54. The second-order valence-corrected chi connectivity index (χ2v) is 3.77. The summed E-state index contributed by atoms with van der Waals surface area (Å²) in [4.78, 5) is 0. The van der Waals surface area contributed by atoms with Crippen LogP contribution in [0, 0.1) is 0 Å². The van der Waals surface area contributed by atoms with E-state index < -0.39 is 0 Å². The van der Waals surface area contributed by atoms with Gasteiger partial charge < -0.3 is 10.5 Å². The third kappa shape index (κ3) is 2.28. The third-order valence-corrected chi connectivity index (χ3v) is 2.25. The SMILES string of the molecule is C[C@@H](N)COc1cccc2ccccc12. The monoisotopic (exact) mass is 201 g/mol. The molecule has 2 nitrogen and oxygen atoms in total. The predicted octanol–water partition coefficient (Wildman–Crippen LogP) is 2.57. The van der Waals surface area contributed by atoms with Gasteiger partial charge in [-0.05, 0) is 18.4 Å². The highest BCUT2D eigenvalue weighted by atomic mass is 16.5. The number of rotatable bonds is 3. The van der Waals surface area contributed by atoms with Crippen LogP contribution in [0.3, 0.4) is 0 Å². The molecule has 0 spiro atoms. The van der Waals surface area contributed by atoms with Gasteiger partial charge in [0.05, 0.1) is 0 Å². The van der Waals surface area contributed by atoms with E-state index in [9.17, 15) is 0 Å². The Labute approximate surface area is 89.7 Å². The molecule has 2 rings (SSSR count). The quantitative estimate of drug-likeness (QED) is 0.828. The lowest BCUT2D eigenvalue weighted by atomic mass is 10.1. The van der Waals surface area contributed by atoms with Gasteiger partial charge in [0.15, 0.2) is 0 Å². The number of ether oxygens (including phenoxy) is 1. The fraction of sp³-hybridized carbons (Fsp3) is 0.231. The Balaban J connectivity index is 2.34. The molecule has 0 saturated heterocycles. The van der Waals surface area contributed by atoms with Gasteiger partial charge in [0.25, 0.3) is 0 Å². The van der Waals surface area contributed by atoms with Gasteiger partial charge >= 0.3 is 0 Å². The molecule has 0 aromatic heterocycles. The second-order valence-electron chi connectivity index (χ2n) is 3.77. The van der Waals surface area contributed by atoms with Crippen LogP contribution in [0.1, 0.15) is 6.92 Å². The summed E-state index contributed by atoms with van der Waals surface area (Å²) in [6.45, 7) is 2.49. The molecule has 0 saturated carbocycles. The molecule has 2 N–H and O–H groups in total. The van der Waals surface area contributed by atoms with E-state index in [-0.39, 0.29) is 6.04 Å². The van der Waals surface area contributed by atoms with Crippen LogP contribution < -0.4 is 10.5 Å². The van der Waals surface area contributed by atoms with Crippen molar-refractivity contribution < 1.29 is 4.74 Å². The van der Waals surface area contributed by atoms with Crippen LogP contribution in [-0.2, 0) is 0 Å². The summed E-state index contributed by atoms with van der Waals surface area (Å²) in [6, 6.07) is 14.3. The topological polar surface area (TPSA) is 35.2 Å². The van der Waals surface area contributed by atoms with Gasteiger partial charge in [-0.2, -0.15) is 0 Å². The van der Waals surface area contributed by atoms with Gasteiger partial charge in [0.2, 0.25) is 0 Å². The van der Waals surface area contributed by atoms with Crippen LogP contribution in [0.5, 0.6) is 5.75 Å². The van der Waals surface area contributed by atoms with E-state index in [1.807, 2.05) is 31.2 Å². The molecule has 2 aromatic carbocycles. The summed E-state index contributed by atoms with van der Waals surface area (Å²) in [5, 5.41) is 2.33. The van der Waals surface area contributed by atoms with Crippen molar-refractivity contribution in [1.82, 2.24) is 0 Å². The second kappa shape index (κ2) is 4.32. The summed E-state index contributed by atoms with van der Waals surface area (Å²) in [5.41, 5.74) is 5.66. The molecule has 0 bridgehead atoms. The normalized spacial score (nSPS) is 12.7. The van der Waals surface area contributed by atoms with Gasteiger partial charge in [0.1, 0.15) is 12.4 Å². The summed E-state index contributed by atoms with van der Waals surface area (Å²) >= 11 is 0. The van der Waals surface area contributed by atoms with Crippen molar-refractivity contribution in [3.63, 3.8) is 0 Å². The maximum Gasteiger partial charge on any atom is 0.127 e. The molecule has 0 radical (unpaired) electrons. The van der Waals surface area contributed by atoms with Crippen molar-refractivity contribution in [3.8, 4) is 5.75 Å². The highest BCUT2D eigenvalue weighted by Crippen LogP contribution is 2.24. The first-order valence-electron chi connectivity index (χ1n) is 5.13. The van der Waals surface area contributed by atoms with Crippen LogP contribution in [-0.4, -0.2) is 12.6 Å². The first kappa shape index (κ1) is 9.99. The van der Waals surface area contributed by atoms with Crippen molar-refractivity contribution in [2.24, 2.45) is 5.73 Å². The van der Waals surface area contributed by atoms with E-state index in [0.29, 0.717) is 6.61 Å². The molecule has 0 amide bonds. The van der Waals surface area contributed by atoms with Gasteiger partial charge in [-0.3, -0.25) is 0 Å². The van der Waals surface area contributed by atoms with Crippen molar-refractivity contribution in [3.05, 3.63) is 42.5 Å². The predicted molar refractivity (Wildman–Crippen MR) is 63.1 cm³/mol. The molecule has 2 heteroatoms. The van der Waals surface area contributed by atoms with Crippen LogP contribution in [0.2, 0.25) is 0 Å². The summed E-state index contributed by atoms with van der Waals surface area (Å²) < 4.78 is 5.66. The minimum Gasteiger partial charge on any atom is -0.491 e. The Morgan fingerprint density at radius 1 is 1.13 bits per heavy atom. The van der Waals surface area contributed by atoms with Gasteiger partial charge in [0, 0.05) is 11.4 Å². The Bertz CT molecular complexity index is 446. The lowest BCUT2D eigenvalue weighted by Gasteiger charge is -2.10. The largest absolute Gasteiger partial charge is 0.491 e. The van der Waals surface area contributed by atoms with E-state index in [1.54, 1.807) is 0 Å². The van der Waals surface area contributed by atoms with E-state index in [1.165, 1.54) is 5.39 Å². The minimum absolute atomic E-state index is 0.0592. The molecule has 0 aliphatic rings.